The lowest BCUT2D eigenvalue weighted by Gasteiger charge is -2.18. The van der Waals surface area contributed by atoms with Gasteiger partial charge in [0, 0.05) is 17.0 Å². The highest BCUT2D eigenvalue weighted by molar-refractivity contribution is 7.98. The van der Waals surface area contributed by atoms with Gasteiger partial charge in [0.2, 0.25) is 0 Å². The number of rotatable bonds is 6. The molecule has 1 N–H and O–H groups in total. The Hall–Kier alpha value is -1.75. The third-order valence-electron chi connectivity index (χ3n) is 2.30. The van der Waals surface area contributed by atoms with Crippen molar-refractivity contribution in [1.29, 1.82) is 0 Å². The van der Waals surface area contributed by atoms with Crippen LogP contribution in [0.25, 0.3) is 0 Å². The molecule has 0 fully saturated rings. The molecule has 1 aromatic rings. The first kappa shape index (κ1) is 14.3. The lowest BCUT2D eigenvalue weighted by molar-refractivity contribution is -0.137. The average molecular weight is 265 g/mol. The highest BCUT2D eigenvalue weighted by atomic mass is 32.2. The number of hydrogen-bond donors (Lipinski definition) is 1. The quantitative estimate of drug-likeness (QED) is 0.632. The standard InChI is InChI=1S/C13H15NO3S/c1-3-8-14(9-12(15)16)13(17)10-4-6-11(18-2)7-5-10/h3-7H,1,8-9H2,2H3,(H,15,16). The van der Waals surface area contributed by atoms with E-state index in [-0.39, 0.29) is 19.0 Å². The molecular weight excluding hydrogens is 250 g/mol. The fraction of sp³-hybridized carbons (Fsp3) is 0.231. The molecule has 0 heterocycles. The van der Waals surface area contributed by atoms with Crippen molar-refractivity contribution in [2.45, 2.75) is 4.90 Å². The molecule has 0 aliphatic rings. The monoisotopic (exact) mass is 265 g/mol. The number of carbonyl (C=O) groups is 2. The fourth-order valence-electron chi connectivity index (χ4n) is 1.45. The maximum atomic E-state index is 12.1. The van der Waals surface area contributed by atoms with E-state index in [2.05, 4.69) is 6.58 Å². The minimum absolute atomic E-state index is 0.218. The summed E-state index contributed by atoms with van der Waals surface area (Å²) in [6.45, 7) is 3.41. The van der Waals surface area contributed by atoms with Gasteiger partial charge in [-0.1, -0.05) is 6.08 Å². The summed E-state index contributed by atoms with van der Waals surface area (Å²) in [5.74, 6) is -1.34. The van der Waals surface area contributed by atoms with E-state index in [9.17, 15) is 9.59 Å². The van der Waals surface area contributed by atoms with Crippen LogP contribution in [0.3, 0.4) is 0 Å². The summed E-state index contributed by atoms with van der Waals surface area (Å²) in [5.41, 5.74) is 0.482. The summed E-state index contributed by atoms with van der Waals surface area (Å²) in [4.78, 5) is 25.1. The van der Waals surface area contributed by atoms with Crippen LogP contribution >= 0.6 is 11.8 Å². The second-order valence-electron chi connectivity index (χ2n) is 3.60. The zero-order valence-electron chi connectivity index (χ0n) is 10.1. The van der Waals surface area contributed by atoms with Crippen LogP contribution in [-0.2, 0) is 4.79 Å². The molecule has 0 aromatic heterocycles. The number of aliphatic carboxylic acids is 1. The van der Waals surface area contributed by atoms with Gasteiger partial charge in [0.05, 0.1) is 0 Å². The lowest BCUT2D eigenvalue weighted by Crippen LogP contribution is -2.35. The Morgan fingerprint density at radius 2 is 2.00 bits per heavy atom. The normalized spacial score (nSPS) is 9.83. The van der Waals surface area contributed by atoms with E-state index in [4.69, 9.17) is 5.11 Å². The number of carboxylic acids is 1. The van der Waals surface area contributed by atoms with Crippen molar-refractivity contribution in [2.24, 2.45) is 0 Å². The highest BCUT2D eigenvalue weighted by Crippen LogP contribution is 2.15. The van der Waals surface area contributed by atoms with E-state index < -0.39 is 5.97 Å². The van der Waals surface area contributed by atoms with Crippen LogP contribution in [0.15, 0.2) is 41.8 Å². The van der Waals surface area contributed by atoms with Crippen LogP contribution < -0.4 is 0 Å². The third kappa shape index (κ3) is 3.92. The van der Waals surface area contributed by atoms with Crippen molar-refractivity contribution in [3.8, 4) is 0 Å². The van der Waals surface area contributed by atoms with E-state index in [1.165, 1.54) is 11.0 Å². The molecule has 4 nitrogen and oxygen atoms in total. The summed E-state index contributed by atoms with van der Waals surface area (Å²) in [6, 6.07) is 7.08. The first-order valence-corrected chi connectivity index (χ1v) is 6.57. The Labute approximate surface area is 110 Å². The largest absolute Gasteiger partial charge is 0.480 e. The van der Waals surface area contributed by atoms with Crippen molar-refractivity contribution in [2.75, 3.05) is 19.3 Å². The smallest absolute Gasteiger partial charge is 0.323 e. The van der Waals surface area contributed by atoms with Gasteiger partial charge in [-0.3, -0.25) is 9.59 Å². The lowest BCUT2D eigenvalue weighted by atomic mass is 10.2. The van der Waals surface area contributed by atoms with E-state index in [1.54, 1.807) is 23.9 Å². The van der Waals surface area contributed by atoms with Gasteiger partial charge in [-0.15, -0.1) is 18.3 Å². The van der Waals surface area contributed by atoms with E-state index in [0.717, 1.165) is 4.90 Å². The minimum Gasteiger partial charge on any atom is -0.480 e. The summed E-state index contributed by atoms with van der Waals surface area (Å²) in [7, 11) is 0. The zero-order chi connectivity index (χ0) is 13.5. The van der Waals surface area contributed by atoms with Gasteiger partial charge in [-0.25, -0.2) is 0 Å². The molecular formula is C13H15NO3S. The van der Waals surface area contributed by atoms with Gasteiger partial charge in [0.15, 0.2) is 0 Å². The van der Waals surface area contributed by atoms with E-state index >= 15 is 0 Å². The molecule has 0 aliphatic carbocycles. The molecule has 0 aliphatic heterocycles. The maximum Gasteiger partial charge on any atom is 0.323 e. The summed E-state index contributed by atoms with van der Waals surface area (Å²) >= 11 is 1.58. The molecule has 0 bridgehead atoms. The first-order valence-electron chi connectivity index (χ1n) is 5.34. The topological polar surface area (TPSA) is 57.6 Å². The Kier molecular flexibility index (Phi) is 5.45. The van der Waals surface area contributed by atoms with Crippen LogP contribution in [0, 0.1) is 0 Å². The molecule has 5 heteroatoms. The van der Waals surface area contributed by atoms with Crippen molar-refractivity contribution in [3.05, 3.63) is 42.5 Å². The number of benzene rings is 1. The molecule has 0 saturated heterocycles. The second kappa shape index (κ2) is 6.86. The van der Waals surface area contributed by atoms with Crippen molar-refractivity contribution in [3.63, 3.8) is 0 Å². The molecule has 96 valence electrons. The molecule has 1 amide bonds. The average Bonchev–Trinajstić information content (AvgIpc) is 2.37. The summed E-state index contributed by atoms with van der Waals surface area (Å²) in [6.07, 6.45) is 3.46. The predicted molar refractivity (Wildman–Crippen MR) is 72.0 cm³/mol. The maximum absolute atomic E-state index is 12.1. The van der Waals surface area contributed by atoms with Crippen LogP contribution in [0.5, 0.6) is 0 Å². The zero-order valence-corrected chi connectivity index (χ0v) is 10.9. The van der Waals surface area contributed by atoms with Crippen molar-refractivity contribution in [1.82, 2.24) is 4.90 Å². The van der Waals surface area contributed by atoms with Gasteiger partial charge < -0.3 is 10.0 Å². The number of thioether (sulfide) groups is 1. The highest BCUT2D eigenvalue weighted by Gasteiger charge is 2.16. The predicted octanol–water partition coefficient (Wildman–Crippen LogP) is 2.12. The SMILES string of the molecule is C=CCN(CC(=O)O)C(=O)c1ccc(SC)cc1. The number of carboxylic acid groups (broad SMARTS) is 1. The van der Waals surface area contributed by atoms with Gasteiger partial charge >= 0.3 is 5.97 Å². The van der Waals surface area contributed by atoms with Crippen LogP contribution in [0.1, 0.15) is 10.4 Å². The Bertz CT molecular complexity index is 442. The molecule has 0 radical (unpaired) electrons. The second-order valence-corrected chi connectivity index (χ2v) is 4.48. The van der Waals surface area contributed by atoms with E-state index in [1.807, 2.05) is 18.4 Å². The van der Waals surface area contributed by atoms with Gasteiger partial charge in [-0.05, 0) is 30.5 Å². The third-order valence-corrected chi connectivity index (χ3v) is 3.04. The molecule has 0 unspecified atom stereocenters. The molecule has 0 saturated carbocycles. The molecule has 1 aromatic carbocycles. The minimum atomic E-state index is -1.04. The summed E-state index contributed by atoms with van der Waals surface area (Å²) < 4.78 is 0. The molecule has 0 spiro atoms. The Balaban J connectivity index is 2.86. The molecule has 18 heavy (non-hydrogen) atoms. The number of nitrogens with zero attached hydrogens (tertiary/aromatic N) is 1. The van der Waals surface area contributed by atoms with Gasteiger partial charge in [0.25, 0.3) is 5.91 Å². The van der Waals surface area contributed by atoms with Crippen molar-refractivity contribution < 1.29 is 14.7 Å². The number of amides is 1. The van der Waals surface area contributed by atoms with Gasteiger partial charge in [-0.2, -0.15) is 0 Å². The van der Waals surface area contributed by atoms with E-state index in [0.29, 0.717) is 5.56 Å². The Morgan fingerprint density at radius 1 is 1.39 bits per heavy atom. The summed E-state index contributed by atoms with van der Waals surface area (Å²) in [5, 5.41) is 8.76. The van der Waals surface area contributed by atoms with Crippen LogP contribution in [0.4, 0.5) is 0 Å². The number of hydrogen-bond acceptors (Lipinski definition) is 3. The molecule has 1 rings (SSSR count). The fourth-order valence-corrected chi connectivity index (χ4v) is 1.86. The number of carbonyl (C=O) groups excluding carboxylic acids is 1. The van der Waals surface area contributed by atoms with Crippen LogP contribution in [0.2, 0.25) is 0 Å². The Morgan fingerprint density at radius 3 is 2.44 bits per heavy atom. The first-order chi connectivity index (χ1) is 8.58. The molecule has 0 atom stereocenters. The van der Waals surface area contributed by atoms with Crippen molar-refractivity contribution >= 4 is 23.6 Å². The van der Waals surface area contributed by atoms with Gasteiger partial charge in [0.1, 0.15) is 6.54 Å². The van der Waals surface area contributed by atoms with Crippen LogP contribution in [-0.4, -0.2) is 41.2 Å².